The van der Waals surface area contributed by atoms with Crippen molar-refractivity contribution in [2.45, 2.75) is 19.5 Å². The molecule has 0 aromatic heterocycles. The second-order valence-corrected chi connectivity index (χ2v) is 6.59. The van der Waals surface area contributed by atoms with Crippen LogP contribution in [0.4, 0.5) is 4.39 Å². The van der Waals surface area contributed by atoms with Gasteiger partial charge in [0.05, 0.1) is 0 Å². The molecule has 0 saturated carbocycles. The molecule has 1 saturated heterocycles. The van der Waals surface area contributed by atoms with Gasteiger partial charge in [-0.15, -0.1) is 0 Å². The molecule has 4 nitrogen and oxygen atoms in total. The van der Waals surface area contributed by atoms with Crippen LogP contribution in [0.3, 0.4) is 0 Å². The largest absolute Gasteiger partial charge is 0.366 e. The van der Waals surface area contributed by atoms with E-state index >= 15 is 0 Å². The Labute approximate surface area is 148 Å². The van der Waals surface area contributed by atoms with E-state index in [2.05, 4.69) is 9.80 Å². The summed E-state index contributed by atoms with van der Waals surface area (Å²) < 4.78 is 13.0. The molecule has 2 aromatic carbocycles. The molecule has 25 heavy (non-hydrogen) atoms. The number of hydrogen-bond acceptors (Lipinski definition) is 3. The van der Waals surface area contributed by atoms with Crippen LogP contribution in [0.5, 0.6) is 0 Å². The summed E-state index contributed by atoms with van der Waals surface area (Å²) in [6.07, 6.45) is 1.11. The van der Waals surface area contributed by atoms with Crippen molar-refractivity contribution < 1.29 is 9.18 Å². The van der Waals surface area contributed by atoms with Gasteiger partial charge in [-0.3, -0.25) is 14.6 Å². The quantitative estimate of drug-likeness (QED) is 0.909. The first-order valence-corrected chi connectivity index (χ1v) is 8.68. The number of rotatable bonds is 5. The predicted octanol–water partition coefficient (Wildman–Crippen LogP) is 2.63. The third-order valence-electron chi connectivity index (χ3n) is 4.65. The number of hydrogen-bond donors (Lipinski definition) is 1. The first-order valence-electron chi connectivity index (χ1n) is 8.68. The van der Waals surface area contributed by atoms with E-state index < -0.39 is 5.91 Å². The standard InChI is InChI=1S/C20H24FN3O/c21-19-8-4-17(5-9-19)15-24-11-1-10-23(12-13-24)14-16-2-6-18(7-3-16)20(22)25/h2-9H,1,10-15H2,(H2,22,25). The van der Waals surface area contributed by atoms with Gasteiger partial charge in [0, 0.05) is 31.7 Å². The zero-order valence-corrected chi connectivity index (χ0v) is 14.3. The lowest BCUT2D eigenvalue weighted by Gasteiger charge is -2.22. The molecule has 1 aliphatic heterocycles. The third kappa shape index (κ3) is 5.11. The lowest BCUT2D eigenvalue weighted by molar-refractivity contribution is 0.100. The van der Waals surface area contributed by atoms with Crippen LogP contribution in [0.2, 0.25) is 0 Å². The van der Waals surface area contributed by atoms with Crippen molar-refractivity contribution in [1.29, 1.82) is 0 Å². The van der Waals surface area contributed by atoms with Gasteiger partial charge in [-0.1, -0.05) is 24.3 Å². The molecular weight excluding hydrogens is 317 g/mol. The Kier molecular flexibility index (Phi) is 5.79. The van der Waals surface area contributed by atoms with Gasteiger partial charge in [0.1, 0.15) is 5.82 Å². The molecule has 0 spiro atoms. The zero-order valence-electron chi connectivity index (χ0n) is 14.3. The van der Waals surface area contributed by atoms with Crippen LogP contribution in [0.25, 0.3) is 0 Å². The minimum atomic E-state index is -0.391. The van der Waals surface area contributed by atoms with Crippen LogP contribution in [0.1, 0.15) is 27.9 Å². The third-order valence-corrected chi connectivity index (χ3v) is 4.65. The number of carbonyl (C=O) groups excluding carboxylic acids is 1. The average molecular weight is 341 g/mol. The molecule has 5 heteroatoms. The monoisotopic (exact) mass is 341 g/mol. The van der Waals surface area contributed by atoms with Crippen LogP contribution in [-0.4, -0.2) is 41.9 Å². The van der Waals surface area contributed by atoms with Crippen molar-refractivity contribution in [2.75, 3.05) is 26.2 Å². The summed E-state index contributed by atoms with van der Waals surface area (Å²) in [4.78, 5) is 16.0. The van der Waals surface area contributed by atoms with Crippen molar-refractivity contribution in [2.24, 2.45) is 5.73 Å². The van der Waals surface area contributed by atoms with Crippen LogP contribution >= 0.6 is 0 Å². The Morgan fingerprint density at radius 3 is 1.80 bits per heavy atom. The summed E-state index contributed by atoms with van der Waals surface area (Å²) in [6.45, 7) is 5.84. The smallest absolute Gasteiger partial charge is 0.248 e. The molecule has 0 radical (unpaired) electrons. The van der Waals surface area contributed by atoms with Gasteiger partial charge < -0.3 is 5.73 Å². The minimum Gasteiger partial charge on any atom is -0.366 e. The highest BCUT2D eigenvalue weighted by Crippen LogP contribution is 2.13. The van der Waals surface area contributed by atoms with Gasteiger partial charge in [-0.05, 0) is 54.9 Å². The van der Waals surface area contributed by atoms with E-state index in [1.54, 1.807) is 12.1 Å². The Morgan fingerprint density at radius 1 is 0.840 bits per heavy atom. The molecule has 1 heterocycles. The molecule has 1 aliphatic rings. The Balaban J connectivity index is 1.52. The zero-order chi connectivity index (χ0) is 17.6. The number of nitrogens with zero attached hydrogens (tertiary/aromatic N) is 2. The molecule has 3 rings (SSSR count). The van der Waals surface area contributed by atoms with Crippen molar-refractivity contribution in [3.8, 4) is 0 Å². The first-order chi connectivity index (χ1) is 12.1. The fraction of sp³-hybridized carbons (Fsp3) is 0.350. The predicted molar refractivity (Wildman–Crippen MR) is 96.5 cm³/mol. The molecule has 2 N–H and O–H groups in total. The SMILES string of the molecule is NC(=O)c1ccc(CN2CCCN(Cc3ccc(F)cc3)CC2)cc1. The summed E-state index contributed by atoms with van der Waals surface area (Å²) >= 11 is 0. The number of amides is 1. The number of nitrogens with two attached hydrogens (primary N) is 1. The van der Waals surface area contributed by atoms with Crippen molar-refractivity contribution in [3.63, 3.8) is 0 Å². The van der Waals surface area contributed by atoms with Gasteiger partial charge in [0.15, 0.2) is 0 Å². The minimum absolute atomic E-state index is 0.187. The summed E-state index contributed by atoms with van der Waals surface area (Å²) in [5.74, 6) is -0.578. The number of benzene rings is 2. The summed E-state index contributed by atoms with van der Waals surface area (Å²) in [5, 5.41) is 0. The molecule has 0 atom stereocenters. The van der Waals surface area contributed by atoms with Crippen LogP contribution < -0.4 is 5.73 Å². The normalized spacial score (nSPS) is 16.5. The Bertz CT molecular complexity index is 700. The molecule has 1 fully saturated rings. The second kappa shape index (κ2) is 8.23. The highest BCUT2D eigenvalue weighted by atomic mass is 19.1. The Hall–Kier alpha value is -2.24. The Morgan fingerprint density at radius 2 is 1.32 bits per heavy atom. The van der Waals surface area contributed by atoms with E-state index in [9.17, 15) is 9.18 Å². The highest BCUT2D eigenvalue weighted by Gasteiger charge is 2.15. The molecule has 2 aromatic rings. The second-order valence-electron chi connectivity index (χ2n) is 6.59. The van der Waals surface area contributed by atoms with E-state index in [-0.39, 0.29) is 5.82 Å². The molecular formula is C20H24FN3O. The molecule has 0 unspecified atom stereocenters. The maximum Gasteiger partial charge on any atom is 0.248 e. The van der Waals surface area contributed by atoms with E-state index in [1.165, 1.54) is 17.7 Å². The van der Waals surface area contributed by atoms with Gasteiger partial charge >= 0.3 is 0 Å². The van der Waals surface area contributed by atoms with Crippen molar-refractivity contribution in [1.82, 2.24) is 9.80 Å². The topological polar surface area (TPSA) is 49.6 Å². The number of carbonyl (C=O) groups is 1. The summed E-state index contributed by atoms with van der Waals surface area (Å²) in [5.41, 5.74) is 8.17. The maximum atomic E-state index is 13.0. The fourth-order valence-electron chi connectivity index (χ4n) is 3.22. The fourth-order valence-corrected chi connectivity index (χ4v) is 3.22. The lowest BCUT2D eigenvalue weighted by atomic mass is 10.1. The van der Waals surface area contributed by atoms with Crippen LogP contribution in [0, 0.1) is 5.82 Å². The van der Waals surface area contributed by atoms with Gasteiger partial charge in [-0.2, -0.15) is 0 Å². The highest BCUT2D eigenvalue weighted by molar-refractivity contribution is 5.92. The lowest BCUT2D eigenvalue weighted by Crippen LogP contribution is -2.30. The first kappa shape index (κ1) is 17.6. The molecule has 132 valence electrons. The summed E-state index contributed by atoms with van der Waals surface area (Å²) in [6, 6.07) is 14.3. The van der Waals surface area contributed by atoms with Gasteiger partial charge in [0.25, 0.3) is 0 Å². The summed E-state index contributed by atoms with van der Waals surface area (Å²) in [7, 11) is 0. The van der Waals surface area contributed by atoms with E-state index in [4.69, 9.17) is 5.73 Å². The van der Waals surface area contributed by atoms with Crippen molar-refractivity contribution in [3.05, 3.63) is 71.0 Å². The number of halogens is 1. The molecule has 1 amide bonds. The van der Waals surface area contributed by atoms with Crippen LogP contribution in [0.15, 0.2) is 48.5 Å². The average Bonchev–Trinajstić information content (AvgIpc) is 2.83. The van der Waals surface area contributed by atoms with E-state index in [1.807, 2.05) is 24.3 Å². The molecule has 0 bridgehead atoms. The van der Waals surface area contributed by atoms with Gasteiger partial charge in [0.2, 0.25) is 5.91 Å². The van der Waals surface area contributed by atoms with E-state index in [0.29, 0.717) is 5.56 Å². The maximum absolute atomic E-state index is 13.0. The number of primary amides is 1. The van der Waals surface area contributed by atoms with E-state index in [0.717, 1.165) is 51.3 Å². The van der Waals surface area contributed by atoms with Gasteiger partial charge in [-0.25, -0.2) is 4.39 Å². The van der Waals surface area contributed by atoms with Crippen LogP contribution in [-0.2, 0) is 13.1 Å². The molecule has 0 aliphatic carbocycles. The van der Waals surface area contributed by atoms with Crippen molar-refractivity contribution >= 4 is 5.91 Å².